The first-order valence-electron chi connectivity index (χ1n) is 6.86. The van der Waals surface area contributed by atoms with Crippen LogP contribution in [0.4, 0.5) is 13.2 Å². The van der Waals surface area contributed by atoms with Gasteiger partial charge in [-0.25, -0.2) is 4.79 Å². The molecule has 0 radical (unpaired) electrons. The quantitative estimate of drug-likeness (QED) is 0.931. The van der Waals surface area contributed by atoms with Crippen LogP contribution in [0.25, 0.3) is 0 Å². The van der Waals surface area contributed by atoms with Gasteiger partial charge in [-0.05, 0) is 31.5 Å². The number of morpholine rings is 1. The summed E-state index contributed by atoms with van der Waals surface area (Å²) >= 11 is 0. The monoisotopic (exact) mass is 317 g/mol. The van der Waals surface area contributed by atoms with Crippen molar-refractivity contribution in [2.24, 2.45) is 0 Å². The molecule has 1 saturated heterocycles. The van der Waals surface area contributed by atoms with Crippen LogP contribution in [-0.2, 0) is 11.3 Å². The van der Waals surface area contributed by atoms with Crippen molar-refractivity contribution < 1.29 is 27.8 Å². The normalized spacial score (nSPS) is 22.5. The van der Waals surface area contributed by atoms with E-state index in [1.165, 1.54) is 12.1 Å². The summed E-state index contributed by atoms with van der Waals surface area (Å²) in [6, 6.07) is 6.23. The summed E-state index contributed by atoms with van der Waals surface area (Å²) in [7, 11) is 0. The van der Waals surface area contributed by atoms with Crippen molar-refractivity contribution in [3.05, 3.63) is 35.4 Å². The average Bonchev–Trinajstić information content (AvgIpc) is 2.36. The molecule has 1 aliphatic heterocycles. The number of hydrogen-bond acceptors (Lipinski definition) is 3. The summed E-state index contributed by atoms with van der Waals surface area (Å²) in [6.45, 7) is 3.57. The minimum atomic E-state index is -4.42. The van der Waals surface area contributed by atoms with Crippen LogP contribution in [0.1, 0.15) is 29.8 Å². The lowest BCUT2D eigenvalue weighted by atomic mass is 10.0. The molecule has 0 bridgehead atoms. The predicted octanol–water partition coefficient (Wildman–Crippen LogP) is 2.93. The van der Waals surface area contributed by atoms with Gasteiger partial charge in [-0.1, -0.05) is 12.1 Å². The summed E-state index contributed by atoms with van der Waals surface area (Å²) in [5, 5.41) is 8.96. The molecule has 1 aliphatic rings. The number of aromatic carboxylic acids is 1. The summed E-state index contributed by atoms with van der Waals surface area (Å²) < 4.78 is 43.9. The number of carbonyl (C=O) groups is 1. The zero-order valence-corrected chi connectivity index (χ0v) is 12.4. The van der Waals surface area contributed by atoms with Gasteiger partial charge in [0, 0.05) is 19.6 Å². The number of carboxylic acid groups (broad SMARTS) is 1. The van der Waals surface area contributed by atoms with Crippen LogP contribution in [0, 0.1) is 0 Å². The molecule has 1 fully saturated rings. The van der Waals surface area contributed by atoms with Gasteiger partial charge in [0.05, 0.1) is 11.2 Å². The average molecular weight is 317 g/mol. The number of benzene rings is 1. The maximum Gasteiger partial charge on any atom is 0.415 e. The third kappa shape index (κ3) is 4.20. The predicted molar refractivity (Wildman–Crippen MR) is 73.7 cm³/mol. The lowest BCUT2D eigenvalue weighted by molar-refractivity contribution is -0.272. The fourth-order valence-corrected chi connectivity index (χ4v) is 2.65. The molecule has 22 heavy (non-hydrogen) atoms. The van der Waals surface area contributed by atoms with Gasteiger partial charge in [0.1, 0.15) is 0 Å². The molecule has 0 aliphatic carbocycles. The highest BCUT2D eigenvalue weighted by Crippen LogP contribution is 2.32. The van der Waals surface area contributed by atoms with Crippen molar-refractivity contribution in [1.29, 1.82) is 0 Å². The van der Waals surface area contributed by atoms with Gasteiger partial charge in [-0.2, -0.15) is 13.2 Å². The standard InChI is InChI=1S/C15H18F3NO3/c1-14(2)9-19(8-12(22-14)15(16,17)18)7-10-4-3-5-11(6-10)13(20)21/h3-6,12H,7-9H2,1-2H3,(H,20,21). The smallest absolute Gasteiger partial charge is 0.415 e. The first-order chi connectivity index (χ1) is 10.1. The van der Waals surface area contributed by atoms with Gasteiger partial charge in [0.15, 0.2) is 6.10 Å². The van der Waals surface area contributed by atoms with Gasteiger partial charge in [0.25, 0.3) is 0 Å². The Bertz CT molecular complexity index is 557. The molecular weight excluding hydrogens is 299 g/mol. The minimum absolute atomic E-state index is 0.123. The number of halogens is 3. The largest absolute Gasteiger partial charge is 0.478 e. The van der Waals surface area contributed by atoms with Gasteiger partial charge in [-0.3, -0.25) is 4.90 Å². The Hall–Kier alpha value is -1.60. The van der Waals surface area contributed by atoms with E-state index in [0.717, 1.165) is 0 Å². The molecule has 1 aromatic carbocycles. The summed E-state index contributed by atoms with van der Waals surface area (Å²) in [4.78, 5) is 12.6. The van der Waals surface area contributed by atoms with Crippen molar-refractivity contribution in [3.63, 3.8) is 0 Å². The molecule has 1 aromatic rings. The maximum absolute atomic E-state index is 12.9. The van der Waals surface area contributed by atoms with Gasteiger partial charge in [0.2, 0.25) is 0 Å². The highest BCUT2D eigenvalue weighted by Gasteiger charge is 2.47. The van der Waals surface area contributed by atoms with Crippen LogP contribution in [-0.4, -0.2) is 46.9 Å². The minimum Gasteiger partial charge on any atom is -0.478 e. The molecule has 0 spiro atoms. The second-order valence-electron chi connectivity index (χ2n) is 6.08. The number of nitrogens with zero attached hydrogens (tertiary/aromatic N) is 1. The van der Waals surface area contributed by atoms with E-state index in [4.69, 9.17) is 9.84 Å². The van der Waals surface area contributed by atoms with Crippen LogP contribution in [0.5, 0.6) is 0 Å². The molecule has 1 unspecified atom stereocenters. The Kier molecular flexibility index (Phi) is 4.49. The third-order valence-corrected chi connectivity index (χ3v) is 3.43. The second kappa shape index (κ2) is 5.89. The topological polar surface area (TPSA) is 49.8 Å². The Morgan fingerprint density at radius 3 is 2.73 bits per heavy atom. The van der Waals surface area contributed by atoms with Crippen molar-refractivity contribution >= 4 is 5.97 Å². The van der Waals surface area contributed by atoms with E-state index >= 15 is 0 Å². The Morgan fingerprint density at radius 1 is 1.45 bits per heavy atom. The third-order valence-electron chi connectivity index (χ3n) is 3.43. The number of rotatable bonds is 3. The van der Waals surface area contributed by atoms with Crippen molar-refractivity contribution in [3.8, 4) is 0 Å². The maximum atomic E-state index is 12.9. The Balaban J connectivity index is 2.14. The van der Waals surface area contributed by atoms with Crippen LogP contribution in [0.2, 0.25) is 0 Å². The van der Waals surface area contributed by atoms with E-state index in [9.17, 15) is 18.0 Å². The van der Waals surface area contributed by atoms with E-state index in [1.807, 2.05) is 0 Å². The SMILES string of the molecule is CC1(C)CN(Cc2cccc(C(=O)O)c2)CC(C(F)(F)F)O1. The number of carboxylic acids is 1. The number of alkyl halides is 3. The molecule has 2 rings (SSSR count). The molecule has 4 nitrogen and oxygen atoms in total. The molecule has 0 aromatic heterocycles. The molecule has 7 heteroatoms. The lowest BCUT2D eigenvalue weighted by Gasteiger charge is -2.43. The van der Waals surface area contributed by atoms with Crippen LogP contribution in [0.15, 0.2) is 24.3 Å². The first-order valence-corrected chi connectivity index (χ1v) is 6.86. The molecule has 0 saturated carbocycles. The van der Waals surface area contributed by atoms with Gasteiger partial charge >= 0.3 is 12.1 Å². The van der Waals surface area contributed by atoms with Crippen LogP contribution in [0.3, 0.4) is 0 Å². The molecule has 1 heterocycles. The summed E-state index contributed by atoms with van der Waals surface area (Å²) in [6.07, 6.45) is -6.25. The number of ether oxygens (including phenoxy) is 1. The van der Waals surface area contributed by atoms with Gasteiger partial charge < -0.3 is 9.84 Å². The van der Waals surface area contributed by atoms with E-state index in [0.29, 0.717) is 12.1 Å². The molecular formula is C15H18F3NO3. The number of hydrogen-bond donors (Lipinski definition) is 1. The van der Waals surface area contributed by atoms with E-state index in [-0.39, 0.29) is 18.7 Å². The van der Waals surface area contributed by atoms with Crippen molar-refractivity contribution in [1.82, 2.24) is 4.90 Å². The molecule has 0 amide bonds. The fourth-order valence-electron chi connectivity index (χ4n) is 2.65. The van der Waals surface area contributed by atoms with Crippen LogP contribution >= 0.6 is 0 Å². The van der Waals surface area contributed by atoms with Crippen molar-refractivity contribution in [2.45, 2.75) is 38.3 Å². The van der Waals surface area contributed by atoms with Crippen LogP contribution < -0.4 is 0 Å². The fraction of sp³-hybridized carbons (Fsp3) is 0.533. The van der Waals surface area contributed by atoms with E-state index < -0.39 is 23.9 Å². The molecule has 122 valence electrons. The summed E-state index contributed by atoms with van der Waals surface area (Å²) in [5.74, 6) is -1.06. The zero-order valence-electron chi connectivity index (χ0n) is 12.4. The van der Waals surface area contributed by atoms with E-state index in [1.54, 1.807) is 30.9 Å². The Morgan fingerprint density at radius 2 is 2.14 bits per heavy atom. The molecule has 1 N–H and O–H groups in total. The van der Waals surface area contributed by atoms with E-state index in [2.05, 4.69) is 0 Å². The molecule has 1 atom stereocenters. The van der Waals surface area contributed by atoms with Gasteiger partial charge in [-0.15, -0.1) is 0 Å². The second-order valence-corrected chi connectivity index (χ2v) is 6.08. The summed E-state index contributed by atoms with van der Waals surface area (Å²) in [5.41, 5.74) is -0.126. The first kappa shape index (κ1) is 16.8. The lowest BCUT2D eigenvalue weighted by Crippen LogP contribution is -2.56. The van der Waals surface area contributed by atoms with Crippen molar-refractivity contribution in [2.75, 3.05) is 13.1 Å². The zero-order chi connectivity index (χ0) is 16.5. The Labute approximate surface area is 126 Å². The highest BCUT2D eigenvalue weighted by molar-refractivity contribution is 5.87. The highest BCUT2D eigenvalue weighted by atomic mass is 19.4.